The van der Waals surface area contributed by atoms with Crippen LogP contribution < -0.4 is 0 Å². The fraction of sp³-hybridized carbons (Fsp3) is 0.333. The van der Waals surface area contributed by atoms with Gasteiger partial charge in [0, 0.05) is 5.92 Å². The number of hydrogen-bond donors (Lipinski definition) is 1. The van der Waals surface area contributed by atoms with Crippen LogP contribution in [0.5, 0.6) is 0 Å². The Morgan fingerprint density at radius 3 is 2.48 bits per heavy atom. The molecule has 112 valence electrons. The molecule has 0 spiro atoms. The largest absolute Gasteiger partial charge is 0.419 e. The molecule has 0 atom stereocenters. The second kappa shape index (κ2) is 4.88. The van der Waals surface area contributed by atoms with E-state index in [-0.39, 0.29) is 16.1 Å². The third kappa shape index (κ3) is 2.50. The van der Waals surface area contributed by atoms with E-state index in [1.807, 2.05) is 0 Å². The lowest BCUT2D eigenvalue weighted by Crippen LogP contribution is -2.13. The number of benzene rings is 1. The van der Waals surface area contributed by atoms with Crippen LogP contribution in [0.4, 0.5) is 17.6 Å². The van der Waals surface area contributed by atoms with Gasteiger partial charge in [0.1, 0.15) is 11.5 Å². The van der Waals surface area contributed by atoms with Crippen molar-refractivity contribution in [1.29, 1.82) is 0 Å². The normalized spacial score (nSPS) is 15.5. The first kappa shape index (κ1) is 14.6. The highest BCUT2D eigenvalue weighted by Crippen LogP contribution is 2.43. The number of aromatic nitrogens is 3. The minimum atomic E-state index is -4.81. The van der Waals surface area contributed by atoms with Crippen LogP contribution in [0.25, 0.3) is 5.69 Å². The molecule has 1 aliphatic rings. The van der Waals surface area contributed by atoms with Gasteiger partial charge in [-0.3, -0.25) is 4.57 Å². The fourth-order valence-corrected chi connectivity index (χ4v) is 2.55. The summed E-state index contributed by atoms with van der Waals surface area (Å²) in [5, 5.41) is 7.40. The molecule has 1 aromatic heterocycles. The van der Waals surface area contributed by atoms with Gasteiger partial charge in [0.25, 0.3) is 0 Å². The summed E-state index contributed by atoms with van der Waals surface area (Å²) in [6.45, 7) is 0. The number of nitrogens with zero attached hydrogens (tertiary/aromatic N) is 3. The van der Waals surface area contributed by atoms with Gasteiger partial charge >= 0.3 is 6.18 Å². The predicted molar refractivity (Wildman–Crippen MR) is 70.6 cm³/mol. The molecule has 1 fully saturated rings. The van der Waals surface area contributed by atoms with E-state index in [1.54, 1.807) is 0 Å². The summed E-state index contributed by atoms with van der Waals surface area (Å²) in [5.41, 5.74) is -1.80. The predicted octanol–water partition coefficient (Wildman–Crippen LogP) is 4.24. The molecule has 1 saturated carbocycles. The molecule has 1 aliphatic carbocycles. The maximum absolute atomic E-state index is 14.3. The lowest BCUT2D eigenvalue weighted by Gasteiger charge is -2.15. The molecule has 2 aromatic rings. The van der Waals surface area contributed by atoms with E-state index in [9.17, 15) is 17.6 Å². The molecule has 0 aliphatic heterocycles. The van der Waals surface area contributed by atoms with Gasteiger partial charge in [0.05, 0.1) is 10.6 Å². The number of thiol groups is 1. The molecule has 9 heteroatoms. The van der Waals surface area contributed by atoms with Crippen molar-refractivity contribution in [2.75, 3.05) is 0 Å². The maximum atomic E-state index is 14.3. The summed E-state index contributed by atoms with van der Waals surface area (Å²) in [6, 6.07) is 1.62. The standard InChI is InChI=1S/C12H8ClF4N3S/c13-7-4-3-6(12(15,16)17)8(14)9(7)20-10(5-1-2-5)18-19-11(20)21/h3-5H,1-2H2,(H,19,21). The van der Waals surface area contributed by atoms with Crippen LogP contribution >= 0.6 is 24.2 Å². The van der Waals surface area contributed by atoms with E-state index in [1.165, 1.54) is 0 Å². The van der Waals surface area contributed by atoms with Crippen LogP contribution in [0, 0.1) is 5.82 Å². The van der Waals surface area contributed by atoms with Crippen molar-refractivity contribution in [2.45, 2.75) is 30.1 Å². The van der Waals surface area contributed by atoms with Gasteiger partial charge < -0.3 is 0 Å². The second-order valence-electron chi connectivity index (χ2n) is 4.72. The smallest absolute Gasteiger partial charge is 0.269 e. The van der Waals surface area contributed by atoms with Crippen LogP contribution in [0.3, 0.4) is 0 Å². The summed E-state index contributed by atoms with van der Waals surface area (Å²) in [6.07, 6.45) is -3.16. The van der Waals surface area contributed by atoms with Crippen LogP contribution in [0.1, 0.15) is 30.1 Å². The summed E-state index contributed by atoms with van der Waals surface area (Å²) in [7, 11) is 0. The first-order chi connectivity index (χ1) is 9.80. The zero-order chi connectivity index (χ0) is 15.4. The summed E-state index contributed by atoms with van der Waals surface area (Å²) in [4.78, 5) is 0. The molecule has 0 saturated heterocycles. The van der Waals surface area contributed by atoms with E-state index in [0.29, 0.717) is 11.9 Å². The Kier molecular flexibility index (Phi) is 3.40. The highest BCUT2D eigenvalue weighted by atomic mass is 35.5. The van der Waals surface area contributed by atoms with E-state index in [0.717, 1.165) is 23.5 Å². The van der Waals surface area contributed by atoms with E-state index < -0.39 is 23.2 Å². The molecule has 0 bridgehead atoms. The van der Waals surface area contributed by atoms with Crippen LogP contribution in [0.15, 0.2) is 17.3 Å². The Morgan fingerprint density at radius 2 is 1.90 bits per heavy atom. The first-order valence-electron chi connectivity index (χ1n) is 6.00. The number of rotatable bonds is 2. The van der Waals surface area contributed by atoms with Crippen molar-refractivity contribution in [1.82, 2.24) is 14.8 Å². The average Bonchev–Trinajstić information content (AvgIpc) is 3.14. The Hall–Kier alpha value is -1.28. The molecular formula is C12H8ClF4N3S. The summed E-state index contributed by atoms with van der Waals surface area (Å²) in [5.74, 6) is -1.03. The van der Waals surface area contributed by atoms with E-state index >= 15 is 0 Å². The molecule has 0 amide bonds. The SMILES string of the molecule is Fc1c(C(F)(F)F)ccc(Cl)c1-n1c(S)nnc1C1CC1. The molecule has 3 rings (SSSR count). The van der Waals surface area contributed by atoms with Crippen molar-refractivity contribution in [3.05, 3.63) is 34.4 Å². The fourth-order valence-electron chi connectivity index (χ4n) is 2.07. The van der Waals surface area contributed by atoms with Crippen molar-refractivity contribution >= 4 is 24.2 Å². The van der Waals surface area contributed by atoms with Crippen molar-refractivity contribution in [2.24, 2.45) is 0 Å². The Balaban J connectivity index is 2.25. The van der Waals surface area contributed by atoms with Gasteiger partial charge in [-0.15, -0.1) is 22.8 Å². The van der Waals surface area contributed by atoms with Crippen LogP contribution in [-0.2, 0) is 6.18 Å². The maximum Gasteiger partial charge on any atom is 0.419 e. The van der Waals surface area contributed by atoms with Crippen molar-refractivity contribution in [3.63, 3.8) is 0 Å². The van der Waals surface area contributed by atoms with Gasteiger partial charge in [0.2, 0.25) is 0 Å². The highest BCUT2D eigenvalue weighted by Gasteiger charge is 2.38. The molecule has 21 heavy (non-hydrogen) atoms. The third-order valence-corrected chi connectivity index (χ3v) is 3.80. The van der Waals surface area contributed by atoms with Gasteiger partial charge in [-0.2, -0.15) is 13.2 Å². The molecule has 0 unspecified atom stereocenters. The average molecular weight is 338 g/mol. The molecule has 0 N–H and O–H groups in total. The lowest BCUT2D eigenvalue weighted by atomic mass is 10.1. The number of halogens is 5. The van der Waals surface area contributed by atoms with Gasteiger partial charge in [-0.25, -0.2) is 4.39 Å². The zero-order valence-corrected chi connectivity index (χ0v) is 12.0. The van der Waals surface area contributed by atoms with Crippen molar-refractivity contribution < 1.29 is 17.6 Å². The van der Waals surface area contributed by atoms with E-state index in [2.05, 4.69) is 22.8 Å². The number of hydrogen-bond acceptors (Lipinski definition) is 3. The minimum absolute atomic E-state index is 0.00276. The lowest BCUT2D eigenvalue weighted by molar-refractivity contribution is -0.140. The zero-order valence-electron chi connectivity index (χ0n) is 10.3. The topological polar surface area (TPSA) is 30.7 Å². The minimum Gasteiger partial charge on any atom is -0.269 e. The van der Waals surface area contributed by atoms with Crippen molar-refractivity contribution in [3.8, 4) is 5.69 Å². The summed E-state index contributed by atoms with van der Waals surface area (Å²) < 4.78 is 54.0. The molecule has 3 nitrogen and oxygen atoms in total. The monoisotopic (exact) mass is 337 g/mol. The Labute approximate surface area is 127 Å². The molecule has 1 aromatic carbocycles. The van der Waals surface area contributed by atoms with E-state index in [4.69, 9.17) is 11.6 Å². The number of alkyl halides is 3. The van der Waals surface area contributed by atoms with Crippen LogP contribution in [0.2, 0.25) is 5.02 Å². The highest BCUT2D eigenvalue weighted by molar-refractivity contribution is 7.80. The summed E-state index contributed by atoms with van der Waals surface area (Å²) >= 11 is 9.93. The quantitative estimate of drug-likeness (QED) is 0.656. The molecule has 0 radical (unpaired) electrons. The van der Waals surface area contributed by atoms with Gasteiger partial charge in [-0.1, -0.05) is 11.6 Å². The van der Waals surface area contributed by atoms with Gasteiger partial charge in [-0.05, 0) is 25.0 Å². The molecule has 1 heterocycles. The first-order valence-corrected chi connectivity index (χ1v) is 6.83. The second-order valence-corrected chi connectivity index (χ2v) is 5.53. The van der Waals surface area contributed by atoms with Gasteiger partial charge in [0.15, 0.2) is 11.0 Å². The molecular weight excluding hydrogens is 330 g/mol. The van der Waals surface area contributed by atoms with Crippen LogP contribution in [-0.4, -0.2) is 14.8 Å². The Bertz CT molecular complexity index is 709. The third-order valence-electron chi connectivity index (χ3n) is 3.21. The Morgan fingerprint density at radius 1 is 1.24 bits per heavy atom.